The summed E-state index contributed by atoms with van der Waals surface area (Å²) in [7, 11) is 2.80. The van der Waals surface area contributed by atoms with Crippen LogP contribution in [-0.2, 0) is 29.9 Å². The molecule has 0 N–H and O–H groups in total. The number of fused-ring (bicyclic) bond motifs is 6. The van der Waals surface area contributed by atoms with E-state index >= 15 is 0 Å². The van der Waals surface area contributed by atoms with Crippen molar-refractivity contribution in [3.63, 3.8) is 0 Å². The van der Waals surface area contributed by atoms with Crippen LogP contribution in [0.1, 0.15) is 45.2 Å². The van der Waals surface area contributed by atoms with Gasteiger partial charge in [0.2, 0.25) is 5.69 Å². The van der Waals surface area contributed by atoms with Gasteiger partial charge in [-0.3, -0.25) is 4.79 Å². The average molecular weight is 680 g/mol. The third kappa shape index (κ3) is 5.17. The fraction of sp³-hybridized carbons (Fsp3) is 0.256. The summed E-state index contributed by atoms with van der Waals surface area (Å²) in [5.74, 6) is -0.730. The summed E-state index contributed by atoms with van der Waals surface area (Å²) in [5, 5.41) is 4.65. The molecule has 2 heterocycles. The van der Waals surface area contributed by atoms with Crippen LogP contribution < -0.4 is 21.9 Å². The molecule has 0 atom stereocenters. The molecular weight excluding hydrogens is 640 g/mol. The van der Waals surface area contributed by atoms with Gasteiger partial charge in [-0.25, -0.2) is 4.79 Å². The number of allylic oxidation sites excluding steroid dienone is 4. The van der Waals surface area contributed by atoms with Crippen LogP contribution in [0.4, 0.5) is 11.4 Å². The zero-order valence-electron chi connectivity index (χ0n) is 27.2. The molecule has 46 heavy (non-hydrogen) atoms. The van der Waals surface area contributed by atoms with Gasteiger partial charge in [-0.2, -0.15) is 4.58 Å². The topological polar surface area (TPSA) is 58.8 Å². The van der Waals surface area contributed by atoms with Crippen LogP contribution in [0.25, 0.3) is 21.5 Å². The average Bonchev–Trinajstić information content (AvgIpc) is 3.41. The van der Waals surface area contributed by atoms with E-state index in [1.54, 1.807) is 0 Å². The number of carbonyl (C=O) groups is 2. The number of methoxy groups -OCH3 is 2. The van der Waals surface area contributed by atoms with Gasteiger partial charge in [0.25, 0.3) is 0 Å². The molecule has 0 bridgehead atoms. The molecule has 6 rings (SSSR count). The molecule has 0 aromatic heterocycles. The van der Waals surface area contributed by atoms with Crippen molar-refractivity contribution in [3.8, 4) is 0 Å². The molecule has 0 fully saturated rings. The molecule has 0 radical (unpaired) electrons. The number of anilines is 1. The molecule has 0 spiro atoms. The van der Waals surface area contributed by atoms with Crippen LogP contribution in [0.5, 0.6) is 0 Å². The van der Waals surface area contributed by atoms with E-state index in [-0.39, 0.29) is 40.5 Å². The van der Waals surface area contributed by atoms with E-state index in [2.05, 4.69) is 118 Å². The molecule has 0 aliphatic carbocycles. The predicted molar refractivity (Wildman–Crippen MR) is 181 cm³/mol. The SMILES string of the molecule is C=C(C(=O)OC)N1C(=CC=CC2=[N+](CCC(=O)OC)c3ccc4ccccc4c3C2(C)C)C(C)(C)c2c1ccc1ccccc21.[Br-]. The van der Waals surface area contributed by atoms with Gasteiger partial charge in [-0.1, -0.05) is 81.1 Å². The Kier molecular flexibility index (Phi) is 8.84. The van der Waals surface area contributed by atoms with E-state index in [1.807, 2.05) is 17.0 Å². The Morgan fingerprint density at radius 3 is 2.07 bits per heavy atom. The largest absolute Gasteiger partial charge is 1.00 e. The second-order valence-corrected chi connectivity index (χ2v) is 12.7. The van der Waals surface area contributed by atoms with Crippen LogP contribution in [0, 0.1) is 0 Å². The predicted octanol–water partition coefficient (Wildman–Crippen LogP) is 4.86. The minimum Gasteiger partial charge on any atom is -1.00 e. The fourth-order valence-corrected chi connectivity index (χ4v) is 7.24. The number of hydrogen-bond donors (Lipinski definition) is 0. The van der Waals surface area contributed by atoms with Gasteiger partial charge < -0.3 is 31.4 Å². The van der Waals surface area contributed by atoms with Crippen LogP contribution in [0.15, 0.2) is 109 Å². The van der Waals surface area contributed by atoms with Crippen molar-refractivity contribution >= 4 is 50.6 Å². The summed E-state index contributed by atoms with van der Waals surface area (Å²) < 4.78 is 12.4. The molecule has 2 aliphatic rings. The first-order chi connectivity index (χ1) is 21.5. The van der Waals surface area contributed by atoms with E-state index in [0.29, 0.717) is 6.54 Å². The van der Waals surface area contributed by atoms with E-state index in [4.69, 9.17) is 9.47 Å². The number of esters is 2. The molecule has 0 saturated carbocycles. The highest BCUT2D eigenvalue weighted by atomic mass is 79.9. The lowest BCUT2D eigenvalue weighted by Gasteiger charge is -2.27. The maximum atomic E-state index is 12.9. The van der Waals surface area contributed by atoms with Gasteiger partial charge in [0, 0.05) is 28.8 Å². The monoisotopic (exact) mass is 678 g/mol. The van der Waals surface area contributed by atoms with Gasteiger partial charge in [0.15, 0.2) is 12.3 Å². The van der Waals surface area contributed by atoms with Crippen molar-refractivity contribution in [2.75, 3.05) is 25.7 Å². The first-order valence-electron chi connectivity index (χ1n) is 15.2. The minimum absolute atomic E-state index is 0. The number of nitrogens with zero attached hydrogens (tertiary/aromatic N) is 2. The molecule has 4 aromatic rings. The molecule has 2 aliphatic heterocycles. The zero-order chi connectivity index (χ0) is 32.1. The molecule has 6 nitrogen and oxygen atoms in total. The first kappa shape index (κ1) is 32.9. The number of ether oxygens (including phenoxy) is 2. The molecule has 4 aromatic carbocycles. The molecule has 236 valence electrons. The van der Waals surface area contributed by atoms with Gasteiger partial charge in [0.1, 0.15) is 12.1 Å². The van der Waals surface area contributed by atoms with Crippen LogP contribution >= 0.6 is 0 Å². The van der Waals surface area contributed by atoms with E-state index in [0.717, 1.165) is 39.1 Å². The maximum Gasteiger partial charge on any atom is 0.354 e. The lowest BCUT2D eigenvalue weighted by atomic mass is 9.79. The summed E-state index contributed by atoms with van der Waals surface area (Å²) >= 11 is 0. The van der Waals surface area contributed by atoms with Gasteiger partial charge in [-0.05, 0) is 59.2 Å². The highest BCUT2D eigenvalue weighted by molar-refractivity contribution is 6.08. The molecular formula is C39H39BrN2O4. The Bertz CT molecular complexity index is 2000. The number of rotatable bonds is 7. The Labute approximate surface area is 281 Å². The van der Waals surface area contributed by atoms with Crippen molar-refractivity contribution in [1.82, 2.24) is 0 Å². The van der Waals surface area contributed by atoms with Gasteiger partial charge in [0.05, 0.1) is 25.3 Å². The number of carbonyl (C=O) groups excluding carboxylic acids is 2. The van der Waals surface area contributed by atoms with Crippen molar-refractivity contribution in [3.05, 3.63) is 120 Å². The molecule has 7 heteroatoms. The summed E-state index contributed by atoms with van der Waals surface area (Å²) in [4.78, 5) is 27.1. The van der Waals surface area contributed by atoms with E-state index < -0.39 is 11.4 Å². The normalized spacial score (nSPS) is 16.9. The quantitative estimate of drug-likeness (QED) is 0.159. The number of benzene rings is 4. The Morgan fingerprint density at radius 1 is 0.826 bits per heavy atom. The number of hydrogen-bond acceptors (Lipinski definition) is 5. The lowest BCUT2D eigenvalue weighted by molar-refractivity contribution is -0.436. The standard InChI is InChI=1S/C39H39N2O4.BrH/c1-25(37(43)45-7)41-31-22-20-27-14-9-11-16-29(27)36(31)39(4,5)33(41)18-12-17-32-38(2,3)35-28-15-10-8-13-26(28)19-21-30(35)40(32)24-23-34(42)44-6;/h8-22H,1,23-24H2,2-7H3;1H/q+1;/p-1. The minimum atomic E-state index is -0.482. The van der Waals surface area contributed by atoms with Crippen LogP contribution in [0.3, 0.4) is 0 Å². The molecule has 0 unspecified atom stereocenters. The third-order valence-corrected chi connectivity index (χ3v) is 9.37. The van der Waals surface area contributed by atoms with Crippen molar-refractivity contribution in [2.45, 2.75) is 44.9 Å². The molecule has 0 amide bonds. The Hall–Kier alpha value is -4.49. The Balaban J connectivity index is 0.00000417. The highest BCUT2D eigenvalue weighted by Crippen LogP contribution is 2.52. The van der Waals surface area contributed by atoms with Gasteiger partial charge >= 0.3 is 11.9 Å². The Morgan fingerprint density at radius 2 is 1.43 bits per heavy atom. The fourth-order valence-electron chi connectivity index (χ4n) is 7.24. The second kappa shape index (κ2) is 12.4. The lowest BCUT2D eigenvalue weighted by Crippen LogP contribution is -3.00. The summed E-state index contributed by atoms with van der Waals surface area (Å²) in [6.07, 6.45) is 6.53. The van der Waals surface area contributed by atoms with E-state index in [9.17, 15) is 9.59 Å². The van der Waals surface area contributed by atoms with Crippen LogP contribution in [-0.4, -0.2) is 43.0 Å². The zero-order valence-corrected chi connectivity index (χ0v) is 28.8. The summed E-state index contributed by atoms with van der Waals surface area (Å²) in [5.41, 5.74) is 5.84. The summed E-state index contributed by atoms with van der Waals surface area (Å²) in [6, 6.07) is 25.2. The smallest absolute Gasteiger partial charge is 0.354 e. The van der Waals surface area contributed by atoms with E-state index in [1.165, 1.54) is 30.6 Å². The second-order valence-electron chi connectivity index (χ2n) is 12.7. The third-order valence-electron chi connectivity index (χ3n) is 9.37. The van der Waals surface area contributed by atoms with Crippen molar-refractivity contribution < 1.29 is 40.6 Å². The van der Waals surface area contributed by atoms with Crippen LogP contribution in [0.2, 0.25) is 0 Å². The number of halogens is 1. The molecule has 0 saturated heterocycles. The summed E-state index contributed by atoms with van der Waals surface area (Å²) in [6.45, 7) is 13.5. The maximum absolute atomic E-state index is 12.9. The van der Waals surface area contributed by atoms with Crippen molar-refractivity contribution in [1.29, 1.82) is 0 Å². The highest BCUT2D eigenvalue weighted by Gasteiger charge is 2.46. The van der Waals surface area contributed by atoms with Gasteiger partial charge in [-0.15, -0.1) is 0 Å². The first-order valence-corrected chi connectivity index (χ1v) is 15.2. The van der Waals surface area contributed by atoms with Crippen molar-refractivity contribution in [2.24, 2.45) is 0 Å².